The molecule has 0 unspecified atom stereocenters. The second kappa shape index (κ2) is 5.01. The molecule has 0 aliphatic heterocycles. The molecule has 1 aliphatic rings. The van der Waals surface area contributed by atoms with E-state index < -0.39 is 0 Å². The standard InChI is InChI=1S/C16H20ClNO/c1-10(2)9-11-14(16(11,3)4)15(19)18-13-8-6-5-7-12(13)17/h5-9,11,14H,1-4H3,(H,18,19)/t11-,14+/m1/s1. The van der Waals surface area contributed by atoms with Crippen molar-refractivity contribution in [3.63, 3.8) is 0 Å². The summed E-state index contributed by atoms with van der Waals surface area (Å²) in [6.07, 6.45) is 2.19. The second-order valence-electron chi connectivity index (χ2n) is 6.04. The van der Waals surface area contributed by atoms with Crippen LogP contribution in [0.2, 0.25) is 5.02 Å². The number of carbonyl (C=O) groups excluding carboxylic acids is 1. The van der Waals surface area contributed by atoms with Crippen molar-refractivity contribution >= 4 is 23.2 Å². The number of benzene rings is 1. The highest BCUT2D eigenvalue weighted by Crippen LogP contribution is 2.59. The zero-order valence-corrected chi connectivity index (χ0v) is 12.6. The number of allylic oxidation sites excluding steroid dienone is 2. The summed E-state index contributed by atoms with van der Waals surface area (Å²) in [6.45, 7) is 8.40. The molecule has 1 aromatic carbocycles. The fraction of sp³-hybridized carbons (Fsp3) is 0.438. The Hall–Kier alpha value is -1.28. The summed E-state index contributed by atoms with van der Waals surface area (Å²) in [7, 11) is 0. The van der Waals surface area contributed by atoms with Crippen LogP contribution >= 0.6 is 11.6 Å². The fourth-order valence-electron chi connectivity index (χ4n) is 2.62. The summed E-state index contributed by atoms with van der Waals surface area (Å²) in [5.74, 6) is 0.402. The van der Waals surface area contributed by atoms with Crippen molar-refractivity contribution in [2.24, 2.45) is 17.3 Å². The smallest absolute Gasteiger partial charge is 0.228 e. The van der Waals surface area contributed by atoms with E-state index in [0.717, 1.165) is 0 Å². The minimum Gasteiger partial charge on any atom is -0.324 e. The van der Waals surface area contributed by atoms with Gasteiger partial charge in [-0.15, -0.1) is 0 Å². The molecule has 2 atom stereocenters. The van der Waals surface area contributed by atoms with Gasteiger partial charge in [0.25, 0.3) is 0 Å². The maximum atomic E-state index is 12.3. The monoisotopic (exact) mass is 277 g/mol. The van der Waals surface area contributed by atoms with E-state index >= 15 is 0 Å². The van der Waals surface area contributed by atoms with Crippen molar-refractivity contribution in [2.75, 3.05) is 5.32 Å². The predicted molar refractivity (Wildman–Crippen MR) is 80.3 cm³/mol. The molecule has 1 amide bonds. The Morgan fingerprint density at radius 3 is 2.53 bits per heavy atom. The van der Waals surface area contributed by atoms with Crippen LogP contribution in [-0.4, -0.2) is 5.91 Å². The molecule has 2 nitrogen and oxygen atoms in total. The molecular weight excluding hydrogens is 258 g/mol. The van der Waals surface area contributed by atoms with E-state index in [1.807, 2.05) is 18.2 Å². The minimum absolute atomic E-state index is 0.0265. The van der Waals surface area contributed by atoms with Crippen LogP contribution in [0, 0.1) is 17.3 Å². The highest BCUT2D eigenvalue weighted by molar-refractivity contribution is 6.33. The number of para-hydroxylation sites is 1. The summed E-state index contributed by atoms with van der Waals surface area (Å²) in [6, 6.07) is 7.33. The first-order chi connectivity index (χ1) is 8.84. The first-order valence-electron chi connectivity index (χ1n) is 6.54. The molecule has 3 heteroatoms. The number of rotatable bonds is 3. The van der Waals surface area contributed by atoms with Gasteiger partial charge < -0.3 is 5.32 Å². The first kappa shape index (κ1) is 14.1. The van der Waals surface area contributed by atoms with E-state index in [1.54, 1.807) is 6.07 Å². The van der Waals surface area contributed by atoms with Crippen LogP contribution in [0.4, 0.5) is 5.69 Å². The normalized spacial score (nSPS) is 23.6. The van der Waals surface area contributed by atoms with Gasteiger partial charge in [-0.25, -0.2) is 0 Å². The maximum Gasteiger partial charge on any atom is 0.228 e. The van der Waals surface area contributed by atoms with Crippen LogP contribution in [-0.2, 0) is 4.79 Å². The van der Waals surface area contributed by atoms with E-state index in [2.05, 4.69) is 39.1 Å². The number of hydrogen-bond acceptors (Lipinski definition) is 1. The van der Waals surface area contributed by atoms with Crippen molar-refractivity contribution < 1.29 is 4.79 Å². The highest BCUT2D eigenvalue weighted by atomic mass is 35.5. The summed E-state index contributed by atoms with van der Waals surface area (Å²) >= 11 is 6.06. The lowest BCUT2D eigenvalue weighted by molar-refractivity contribution is -0.118. The number of hydrogen-bond donors (Lipinski definition) is 1. The van der Waals surface area contributed by atoms with Gasteiger partial charge in [-0.05, 0) is 37.3 Å². The Kier molecular flexibility index (Phi) is 3.73. The number of nitrogens with one attached hydrogen (secondary N) is 1. The van der Waals surface area contributed by atoms with Gasteiger partial charge in [-0.3, -0.25) is 4.79 Å². The molecule has 0 heterocycles. The largest absolute Gasteiger partial charge is 0.324 e. The lowest BCUT2D eigenvalue weighted by atomic mass is 10.1. The minimum atomic E-state index is 0.0265. The van der Waals surface area contributed by atoms with E-state index in [0.29, 0.717) is 16.6 Å². The number of carbonyl (C=O) groups is 1. The molecular formula is C16H20ClNO. The molecule has 0 radical (unpaired) electrons. The summed E-state index contributed by atoms with van der Waals surface area (Å²) in [4.78, 5) is 12.3. The molecule has 0 saturated heterocycles. The van der Waals surface area contributed by atoms with Gasteiger partial charge in [0.15, 0.2) is 0 Å². The Morgan fingerprint density at radius 2 is 1.95 bits per heavy atom. The van der Waals surface area contributed by atoms with Crippen LogP contribution in [0.5, 0.6) is 0 Å². The number of halogens is 1. The third-order valence-corrected chi connectivity index (χ3v) is 4.17. The van der Waals surface area contributed by atoms with Crippen molar-refractivity contribution in [3.8, 4) is 0 Å². The SMILES string of the molecule is CC(C)=C[C@@H]1[C@@H](C(=O)Nc2ccccc2Cl)C1(C)C. The van der Waals surface area contributed by atoms with Gasteiger partial charge >= 0.3 is 0 Å². The van der Waals surface area contributed by atoms with Gasteiger partial charge in [-0.2, -0.15) is 0 Å². The molecule has 102 valence electrons. The van der Waals surface area contributed by atoms with Gasteiger partial charge in [-0.1, -0.05) is 49.2 Å². The molecule has 1 saturated carbocycles. The van der Waals surface area contributed by atoms with E-state index in [1.165, 1.54) is 5.57 Å². The molecule has 0 bridgehead atoms. The van der Waals surface area contributed by atoms with Crippen LogP contribution in [0.15, 0.2) is 35.9 Å². The van der Waals surface area contributed by atoms with Gasteiger partial charge in [0, 0.05) is 0 Å². The topological polar surface area (TPSA) is 29.1 Å². The predicted octanol–water partition coefficient (Wildman–Crippen LogP) is 4.52. The summed E-state index contributed by atoms with van der Waals surface area (Å²) in [5.41, 5.74) is 1.97. The molecule has 0 aromatic heterocycles. The van der Waals surface area contributed by atoms with Crippen molar-refractivity contribution in [1.82, 2.24) is 0 Å². The Labute approximate surface area is 119 Å². The van der Waals surface area contributed by atoms with Gasteiger partial charge in [0.05, 0.1) is 16.6 Å². The average molecular weight is 278 g/mol. The Bertz CT molecular complexity index is 529. The van der Waals surface area contributed by atoms with E-state index in [9.17, 15) is 4.79 Å². The third-order valence-electron chi connectivity index (χ3n) is 3.84. The van der Waals surface area contributed by atoms with E-state index in [-0.39, 0.29) is 17.2 Å². The zero-order valence-electron chi connectivity index (χ0n) is 11.8. The average Bonchev–Trinajstić information content (AvgIpc) is 2.82. The fourth-order valence-corrected chi connectivity index (χ4v) is 2.80. The molecule has 1 fully saturated rings. The van der Waals surface area contributed by atoms with Gasteiger partial charge in [0.1, 0.15) is 0 Å². The number of anilines is 1. The van der Waals surface area contributed by atoms with Crippen LogP contribution < -0.4 is 5.32 Å². The van der Waals surface area contributed by atoms with Crippen LogP contribution in [0.3, 0.4) is 0 Å². The number of amides is 1. The van der Waals surface area contributed by atoms with Gasteiger partial charge in [0.2, 0.25) is 5.91 Å². The molecule has 0 spiro atoms. The molecule has 1 aliphatic carbocycles. The van der Waals surface area contributed by atoms with Crippen molar-refractivity contribution in [1.29, 1.82) is 0 Å². The Morgan fingerprint density at radius 1 is 1.32 bits per heavy atom. The maximum absolute atomic E-state index is 12.3. The molecule has 19 heavy (non-hydrogen) atoms. The quantitative estimate of drug-likeness (QED) is 0.809. The van der Waals surface area contributed by atoms with Crippen LogP contribution in [0.25, 0.3) is 0 Å². The zero-order chi connectivity index (χ0) is 14.2. The highest BCUT2D eigenvalue weighted by Gasteiger charge is 2.60. The second-order valence-corrected chi connectivity index (χ2v) is 6.45. The van der Waals surface area contributed by atoms with E-state index in [4.69, 9.17) is 11.6 Å². The summed E-state index contributed by atoms with van der Waals surface area (Å²) < 4.78 is 0. The van der Waals surface area contributed by atoms with Crippen LogP contribution in [0.1, 0.15) is 27.7 Å². The lowest BCUT2D eigenvalue weighted by Crippen LogP contribution is -2.17. The molecule has 1 N–H and O–H groups in total. The van der Waals surface area contributed by atoms with Crippen molar-refractivity contribution in [2.45, 2.75) is 27.7 Å². The van der Waals surface area contributed by atoms with Crippen molar-refractivity contribution in [3.05, 3.63) is 40.9 Å². The lowest BCUT2D eigenvalue weighted by Gasteiger charge is -2.07. The third kappa shape index (κ3) is 2.84. The molecule has 2 rings (SSSR count). The summed E-state index contributed by atoms with van der Waals surface area (Å²) in [5, 5.41) is 3.51. The first-order valence-corrected chi connectivity index (χ1v) is 6.92. The Balaban J connectivity index is 2.10. The molecule has 1 aromatic rings.